The molecule has 0 aliphatic carbocycles. The van der Waals surface area contributed by atoms with Gasteiger partial charge in [-0.2, -0.15) is 0 Å². The van der Waals surface area contributed by atoms with E-state index in [1.807, 2.05) is 0 Å². The maximum absolute atomic E-state index is 12.5. The van der Waals surface area contributed by atoms with E-state index in [2.05, 4.69) is 20.8 Å². The first-order valence-corrected chi connectivity index (χ1v) is 11.2. The van der Waals surface area contributed by atoms with E-state index in [1.54, 1.807) is 49.7 Å². The van der Waals surface area contributed by atoms with Crippen LogP contribution in [-0.4, -0.2) is 37.3 Å². The van der Waals surface area contributed by atoms with E-state index in [0.29, 0.717) is 32.8 Å². The highest BCUT2D eigenvalue weighted by Crippen LogP contribution is 2.23. The first-order valence-electron chi connectivity index (χ1n) is 9.79. The van der Waals surface area contributed by atoms with E-state index in [4.69, 9.17) is 11.6 Å². The fourth-order valence-electron chi connectivity index (χ4n) is 3.03. The number of thioether (sulfide) groups is 1. The number of benzene rings is 2. The number of carbonyl (C=O) groups excluding carboxylic acids is 2. The fraction of sp³-hybridized carbons (Fsp3) is 0.238. The van der Waals surface area contributed by atoms with Gasteiger partial charge in [-0.3, -0.25) is 19.7 Å². The third kappa shape index (κ3) is 5.88. The summed E-state index contributed by atoms with van der Waals surface area (Å²) in [4.78, 5) is 35.2. The Morgan fingerprint density at radius 3 is 2.64 bits per heavy atom. The van der Waals surface area contributed by atoms with E-state index >= 15 is 0 Å². The number of nitrogens with zero attached hydrogens (tertiary/aromatic N) is 4. The van der Waals surface area contributed by atoms with Crippen LogP contribution in [0.1, 0.15) is 34.7 Å². The van der Waals surface area contributed by atoms with Gasteiger partial charge in [0.05, 0.1) is 27.3 Å². The molecule has 3 aromatic rings. The minimum atomic E-state index is -0.488. The van der Waals surface area contributed by atoms with Crippen LogP contribution in [0.2, 0.25) is 5.02 Å². The molecule has 0 fully saturated rings. The number of rotatable bonds is 8. The SMILES string of the molecule is Cc1cc([N+](=O)[O-])ccc1NC(=O)CSc1nnc([C@H](C)NC(=O)c2ccccc2Cl)n1C. The normalized spacial score (nSPS) is 11.6. The predicted octanol–water partition coefficient (Wildman–Crippen LogP) is 3.91. The Kier molecular flexibility index (Phi) is 7.67. The summed E-state index contributed by atoms with van der Waals surface area (Å²) in [5.41, 5.74) is 1.41. The number of aromatic nitrogens is 3. The van der Waals surface area contributed by atoms with Gasteiger partial charge >= 0.3 is 0 Å². The molecule has 1 atom stereocenters. The second-order valence-corrected chi connectivity index (χ2v) is 8.52. The summed E-state index contributed by atoms with van der Waals surface area (Å²) in [6, 6.07) is 10.5. The number of hydrogen-bond acceptors (Lipinski definition) is 7. The Morgan fingerprint density at radius 2 is 1.97 bits per heavy atom. The lowest BCUT2D eigenvalue weighted by Gasteiger charge is -2.14. The minimum Gasteiger partial charge on any atom is -0.342 e. The maximum atomic E-state index is 12.5. The molecule has 0 saturated carbocycles. The molecular weight excluding hydrogens is 468 g/mol. The van der Waals surface area contributed by atoms with Gasteiger partial charge in [0.25, 0.3) is 11.6 Å². The second kappa shape index (κ2) is 10.5. The van der Waals surface area contributed by atoms with Crippen LogP contribution in [0.3, 0.4) is 0 Å². The molecule has 2 amide bonds. The summed E-state index contributed by atoms with van der Waals surface area (Å²) in [6.45, 7) is 3.46. The van der Waals surface area contributed by atoms with Crippen LogP contribution in [0.15, 0.2) is 47.6 Å². The number of aryl methyl sites for hydroxylation is 1. The number of anilines is 1. The van der Waals surface area contributed by atoms with Crippen molar-refractivity contribution in [2.45, 2.75) is 25.0 Å². The fourth-order valence-corrected chi connectivity index (χ4v) is 3.97. The molecule has 33 heavy (non-hydrogen) atoms. The number of nitro groups is 1. The molecule has 172 valence electrons. The lowest BCUT2D eigenvalue weighted by atomic mass is 10.2. The highest BCUT2D eigenvalue weighted by Gasteiger charge is 2.20. The molecule has 2 aromatic carbocycles. The molecule has 0 aliphatic rings. The Balaban J connectivity index is 1.59. The van der Waals surface area contributed by atoms with Gasteiger partial charge in [0.2, 0.25) is 5.91 Å². The van der Waals surface area contributed by atoms with Crippen LogP contribution in [0, 0.1) is 17.0 Å². The molecule has 10 nitrogen and oxygen atoms in total. The van der Waals surface area contributed by atoms with Gasteiger partial charge in [0.15, 0.2) is 11.0 Å². The topological polar surface area (TPSA) is 132 Å². The number of halogens is 1. The third-order valence-corrected chi connectivity index (χ3v) is 6.10. The van der Waals surface area contributed by atoms with Crippen LogP contribution in [0.25, 0.3) is 0 Å². The number of carbonyl (C=O) groups is 2. The number of amides is 2. The zero-order valence-electron chi connectivity index (χ0n) is 18.0. The molecule has 0 aliphatic heterocycles. The molecule has 0 spiro atoms. The van der Waals surface area contributed by atoms with Crippen molar-refractivity contribution in [2.75, 3.05) is 11.1 Å². The van der Waals surface area contributed by atoms with E-state index in [-0.39, 0.29) is 23.3 Å². The van der Waals surface area contributed by atoms with Crippen molar-refractivity contribution in [1.29, 1.82) is 0 Å². The van der Waals surface area contributed by atoms with Crippen molar-refractivity contribution in [3.05, 3.63) is 74.6 Å². The highest BCUT2D eigenvalue weighted by atomic mass is 35.5. The van der Waals surface area contributed by atoms with Crippen LogP contribution < -0.4 is 10.6 Å². The molecule has 2 N–H and O–H groups in total. The van der Waals surface area contributed by atoms with Crippen LogP contribution in [-0.2, 0) is 11.8 Å². The molecular formula is C21H21ClN6O4S. The Morgan fingerprint density at radius 1 is 1.24 bits per heavy atom. The van der Waals surface area contributed by atoms with Crippen LogP contribution in [0.5, 0.6) is 0 Å². The molecule has 1 heterocycles. The minimum absolute atomic E-state index is 0.0396. The van der Waals surface area contributed by atoms with Crippen LogP contribution in [0.4, 0.5) is 11.4 Å². The summed E-state index contributed by atoms with van der Waals surface area (Å²) in [7, 11) is 1.74. The molecule has 0 saturated heterocycles. The first-order chi connectivity index (χ1) is 15.7. The standard InChI is InChI=1S/C21H21ClN6O4S/c1-12-10-14(28(31)32)8-9-17(12)24-18(29)11-33-21-26-25-19(27(21)3)13(2)23-20(30)15-6-4-5-7-16(15)22/h4-10,13H,11H2,1-3H3,(H,23,30)(H,24,29)/t13-/m0/s1. The van der Waals surface area contributed by atoms with Gasteiger partial charge in [0.1, 0.15) is 0 Å². The Labute approximate surface area is 198 Å². The van der Waals surface area contributed by atoms with Crippen molar-refractivity contribution in [2.24, 2.45) is 7.05 Å². The summed E-state index contributed by atoms with van der Waals surface area (Å²) < 4.78 is 1.70. The predicted molar refractivity (Wildman–Crippen MR) is 126 cm³/mol. The highest BCUT2D eigenvalue weighted by molar-refractivity contribution is 7.99. The van der Waals surface area contributed by atoms with E-state index in [9.17, 15) is 19.7 Å². The summed E-state index contributed by atoms with van der Waals surface area (Å²) in [5, 5.41) is 25.5. The second-order valence-electron chi connectivity index (χ2n) is 7.17. The van der Waals surface area contributed by atoms with E-state index in [1.165, 1.54) is 30.0 Å². The van der Waals surface area contributed by atoms with Crippen molar-refractivity contribution >= 4 is 46.6 Å². The van der Waals surface area contributed by atoms with E-state index < -0.39 is 11.0 Å². The molecule has 3 rings (SSSR count). The Bertz CT molecular complexity index is 1220. The van der Waals surface area contributed by atoms with E-state index in [0.717, 1.165) is 0 Å². The van der Waals surface area contributed by atoms with Gasteiger partial charge in [0, 0.05) is 24.9 Å². The van der Waals surface area contributed by atoms with Crippen molar-refractivity contribution < 1.29 is 14.5 Å². The maximum Gasteiger partial charge on any atom is 0.269 e. The zero-order chi connectivity index (χ0) is 24.1. The van der Waals surface area contributed by atoms with Gasteiger partial charge in [-0.05, 0) is 37.6 Å². The van der Waals surface area contributed by atoms with Gasteiger partial charge < -0.3 is 15.2 Å². The largest absolute Gasteiger partial charge is 0.342 e. The quantitative estimate of drug-likeness (QED) is 0.279. The van der Waals surface area contributed by atoms with Crippen molar-refractivity contribution in [3.8, 4) is 0 Å². The van der Waals surface area contributed by atoms with Gasteiger partial charge in [-0.1, -0.05) is 35.5 Å². The number of non-ortho nitro benzene ring substituents is 1. The monoisotopic (exact) mass is 488 g/mol. The lowest BCUT2D eigenvalue weighted by molar-refractivity contribution is -0.384. The first kappa shape index (κ1) is 24.2. The molecule has 1 aromatic heterocycles. The molecule has 0 radical (unpaired) electrons. The summed E-state index contributed by atoms with van der Waals surface area (Å²) in [6.07, 6.45) is 0. The smallest absolute Gasteiger partial charge is 0.269 e. The van der Waals surface area contributed by atoms with Crippen molar-refractivity contribution in [1.82, 2.24) is 20.1 Å². The van der Waals surface area contributed by atoms with Gasteiger partial charge in [-0.25, -0.2) is 0 Å². The summed E-state index contributed by atoms with van der Waals surface area (Å²) >= 11 is 7.26. The third-order valence-electron chi connectivity index (χ3n) is 4.75. The zero-order valence-corrected chi connectivity index (χ0v) is 19.6. The van der Waals surface area contributed by atoms with Crippen molar-refractivity contribution in [3.63, 3.8) is 0 Å². The summed E-state index contributed by atoms with van der Waals surface area (Å²) in [5.74, 6) is -0.0443. The molecule has 0 bridgehead atoms. The average Bonchev–Trinajstić information content (AvgIpc) is 3.14. The lowest BCUT2D eigenvalue weighted by Crippen LogP contribution is -2.28. The van der Waals surface area contributed by atoms with Crippen LogP contribution >= 0.6 is 23.4 Å². The van der Waals surface area contributed by atoms with Gasteiger partial charge in [-0.15, -0.1) is 10.2 Å². The Hall–Kier alpha value is -3.44. The number of nitro benzene ring substituents is 1. The number of hydrogen-bond donors (Lipinski definition) is 2. The number of nitrogens with one attached hydrogen (secondary N) is 2. The molecule has 0 unspecified atom stereocenters. The average molecular weight is 489 g/mol. The molecule has 12 heteroatoms.